The quantitative estimate of drug-likeness (QED) is 0.589. The lowest BCUT2D eigenvalue weighted by atomic mass is 10.4. The van der Waals surface area contributed by atoms with E-state index >= 15 is 0 Å². The summed E-state index contributed by atoms with van der Waals surface area (Å²) in [4.78, 5) is 7.96. The summed E-state index contributed by atoms with van der Waals surface area (Å²) < 4.78 is 13.1. The fourth-order valence-electron chi connectivity index (χ4n) is 1.07. The molecule has 0 unspecified atom stereocenters. The highest BCUT2D eigenvalue weighted by molar-refractivity contribution is 6.28. The third-order valence-corrected chi connectivity index (χ3v) is 1.81. The van der Waals surface area contributed by atoms with E-state index in [0.29, 0.717) is 15.9 Å². The number of fused-ring (bicyclic) bond motifs is 1. The zero-order valence-electron chi connectivity index (χ0n) is 6.25. The highest BCUT2D eigenvalue weighted by Crippen LogP contribution is 2.17. The molecule has 3 nitrogen and oxygen atoms in total. The van der Waals surface area contributed by atoms with E-state index in [1.54, 1.807) is 13.0 Å². The molecule has 2 heterocycles. The molecule has 0 bridgehead atoms. The van der Waals surface area contributed by atoms with Gasteiger partial charge in [-0.15, -0.1) is 0 Å². The van der Waals surface area contributed by atoms with Gasteiger partial charge in [0.15, 0.2) is 5.65 Å². The average Bonchev–Trinajstić information content (AvgIpc) is 2.31. The van der Waals surface area contributed by atoms with E-state index in [0.717, 1.165) is 0 Å². The van der Waals surface area contributed by atoms with Crippen LogP contribution in [-0.4, -0.2) is 14.8 Å². The monoisotopic (exact) mass is 185 g/mol. The summed E-state index contributed by atoms with van der Waals surface area (Å²) in [5.74, 6) is 0. The van der Waals surface area contributed by atoms with Crippen molar-refractivity contribution in [2.75, 3.05) is 0 Å². The molecule has 0 aliphatic heterocycles. The third kappa shape index (κ3) is 0.956. The molecule has 0 N–H and O–H groups in total. The van der Waals surface area contributed by atoms with Crippen LogP contribution in [0.2, 0.25) is 5.28 Å². The predicted molar refractivity (Wildman–Crippen MR) is 43.8 cm³/mol. The molecular formula is C7H5ClFN3. The molecule has 0 amide bonds. The van der Waals surface area contributed by atoms with Crippen LogP contribution in [0.15, 0.2) is 12.3 Å². The molecule has 2 rings (SSSR count). The number of halogens is 2. The first kappa shape index (κ1) is 7.49. The standard InChI is InChI=1S/C7H5ClFN3/c1-4-2-5-3-10-7(8)11-6(5)12(4)9/h2-3H,1H3. The van der Waals surface area contributed by atoms with Gasteiger partial charge in [-0.05, 0) is 24.6 Å². The summed E-state index contributed by atoms with van der Waals surface area (Å²) in [5.41, 5.74) is 0.703. The first-order chi connectivity index (χ1) is 5.68. The van der Waals surface area contributed by atoms with Crippen molar-refractivity contribution in [1.29, 1.82) is 0 Å². The highest BCUT2D eigenvalue weighted by atomic mass is 35.5. The lowest BCUT2D eigenvalue weighted by Gasteiger charge is -1.91. The van der Waals surface area contributed by atoms with E-state index in [4.69, 9.17) is 11.6 Å². The number of hydrogen-bond donors (Lipinski definition) is 0. The number of nitrogens with zero attached hydrogens (tertiary/aromatic N) is 3. The second-order valence-corrected chi connectivity index (χ2v) is 2.82. The molecule has 0 aliphatic carbocycles. The Morgan fingerprint density at radius 3 is 3.08 bits per heavy atom. The second kappa shape index (κ2) is 2.42. The molecule has 0 radical (unpaired) electrons. The summed E-state index contributed by atoms with van der Waals surface area (Å²) in [5, 5.41) is 0.707. The van der Waals surface area contributed by atoms with Crippen LogP contribution in [0.1, 0.15) is 5.69 Å². The summed E-state index contributed by atoms with van der Waals surface area (Å²) in [6, 6.07) is 1.66. The lowest BCUT2D eigenvalue weighted by Crippen LogP contribution is -1.88. The van der Waals surface area contributed by atoms with Crippen LogP contribution in [-0.2, 0) is 0 Å². The van der Waals surface area contributed by atoms with Crippen LogP contribution < -0.4 is 0 Å². The van der Waals surface area contributed by atoms with Crippen molar-refractivity contribution >= 4 is 22.6 Å². The number of aromatic nitrogens is 3. The highest BCUT2D eigenvalue weighted by Gasteiger charge is 2.06. The second-order valence-electron chi connectivity index (χ2n) is 2.48. The normalized spacial score (nSPS) is 10.9. The summed E-state index contributed by atoms with van der Waals surface area (Å²) >= 11 is 5.50. The van der Waals surface area contributed by atoms with Crippen molar-refractivity contribution < 1.29 is 4.48 Å². The third-order valence-electron chi connectivity index (χ3n) is 1.63. The molecule has 12 heavy (non-hydrogen) atoms. The van der Waals surface area contributed by atoms with Crippen LogP contribution in [0.3, 0.4) is 0 Å². The Hall–Kier alpha value is -1.16. The van der Waals surface area contributed by atoms with Crippen LogP contribution in [0.5, 0.6) is 0 Å². The summed E-state index contributed by atoms with van der Waals surface area (Å²) in [6.45, 7) is 1.65. The van der Waals surface area contributed by atoms with Crippen molar-refractivity contribution in [3.63, 3.8) is 0 Å². The van der Waals surface area contributed by atoms with Gasteiger partial charge in [0, 0.05) is 11.6 Å². The van der Waals surface area contributed by atoms with E-state index in [1.807, 2.05) is 0 Å². The SMILES string of the molecule is Cc1cc2cnc(Cl)nc2n1F. The van der Waals surface area contributed by atoms with Gasteiger partial charge >= 0.3 is 0 Å². The first-order valence-electron chi connectivity index (χ1n) is 3.35. The Morgan fingerprint density at radius 2 is 2.33 bits per heavy atom. The van der Waals surface area contributed by atoms with Gasteiger partial charge in [0.25, 0.3) is 0 Å². The van der Waals surface area contributed by atoms with Gasteiger partial charge in [-0.25, -0.2) is 4.98 Å². The maximum Gasteiger partial charge on any atom is 0.224 e. The van der Waals surface area contributed by atoms with Crippen LogP contribution >= 0.6 is 11.6 Å². The molecule has 0 atom stereocenters. The smallest absolute Gasteiger partial charge is 0.224 e. The van der Waals surface area contributed by atoms with E-state index < -0.39 is 0 Å². The topological polar surface area (TPSA) is 30.7 Å². The van der Waals surface area contributed by atoms with E-state index in [1.165, 1.54) is 6.20 Å². The molecule has 0 aromatic carbocycles. The van der Waals surface area contributed by atoms with Crippen LogP contribution in [0, 0.1) is 6.92 Å². The minimum absolute atomic E-state index is 0.0551. The van der Waals surface area contributed by atoms with Crippen molar-refractivity contribution in [3.8, 4) is 0 Å². The fourth-order valence-corrected chi connectivity index (χ4v) is 1.20. The molecule has 5 heteroatoms. The van der Waals surface area contributed by atoms with Crippen molar-refractivity contribution in [2.45, 2.75) is 6.92 Å². The van der Waals surface area contributed by atoms with Crippen molar-refractivity contribution in [3.05, 3.63) is 23.2 Å². The summed E-state index contributed by atoms with van der Waals surface area (Å²) in [6.07, 6.45) is 1.49. The summed E-state index contributed by atoms with van der Waals surface area (Å²) in [7, 11) is 0. The molecule has 62 valence electrons. The predicted octanol–water partition coefficient (Wildman–Crippen LogP) is 2.13. The van der Waals surface area contributed by atoms with Gasteiger partial charge in [0.1, 0.15) is 0 Å². The van der Waals surface area contributed by atoms with Crippen molar-refractivity contribution in [1.82, 2.24) is 14.8 Å². The molecule has 2 aromatic rings. The zero-order chi connectivity index (χ0) is 8.72. The Morgan fingerprint density at radius 1 is 1.58 bits per heavy atom. The van der Waals surface area contributed by atoms with Gasteiger partial charge < -0.3 is 0 Å². The maximum absolute atomic E-state index is 13.1. The minimum Gasteiger partial charge on any atom is -0.226 e. The Bertz CT molecular complexity index is 437. The molecule has 0 spiro atoms. The maximum atomic E-state index is 13.1. The molecule has 0 saturated heterocycles. The molecule has 0 fully saturated rings. The van der Waals surface area contributed by atoms with Crippen molar-refractivity contribution in [2.24, 2.45) is 0 Å². The van der Waals surface area contributed by atoms with Gasteiger partial charge in [-0.1, -0.05) is 4.48 Å². The number of hydrogen-bond acceptors (Lipinski definition) is 2. The van der Waals surface area contributed by atoms with E-state index in [2.05, 4.69) is 9.97 Å². The first-order valence-corrected chi connectivity index (χ1v) is 3.73. The fraction of sp³-hybridized carbons (Fsp3) is 0.143. The van der Waals surface area contributed by atoms with Gasteiger partial charge in [0.05, 0.1) is 5.69 Å². The van der Waals surface area contributed by atoms with Gasteiger partial charge in [-0.2, -0.15) is 9.77 Å². The molecule has 2 aromatic heterocycles. The van der Waals surface area contributed by atoms with Crippen LogP contribution in [0.4, 0.5) is 4.48 Å². The number of aryl methyl sites for hydroxylation is 1. The Balaban J connectivity index is 2.88. The number of rotatable bonds is 0. The Labute approximate surface area is 72.7 Å². The molecule has 0 aliphatic rings. The zero-order valence-corrected chi connectivity index (χ0v) is 7.01. The van der Waals surface area contributed by atoms with Crippen LogP contribution in [0.25, 0.3) is 11.0 Å². The van der Waals surface area contributed by atoms with E-state index in [9.17, 15) is 4.48 Å². The molecule has 0 saturated carbocycles. The van der Waals surface area contributed by atoms with E-state index in [-0.39, 0.29) is 10.9 Å². The molecular weight excluding hydrogens is 181 g/mol. The largest absolute Gasteiger partial charge is 0.226 e. The van der Waals surface area contributed by atoms with Gasteiger partial charge in [-0.3, -0.25) is 0 Å². The van der Waals surface area contributed by atoms with Gasteiger partial charge in [0.2, 0.25) is 5.28 Å². The average molecular weight is 186 g/mol. The minimum atomic E-state index is 0.0551. The lowest BCUT2D eigenvalue weighted by molar-refractivity contribution is 0.374. The Kier molecular flexibility index (Phi) is 1.51.